The fourth-order valence-corrected chi connectivity index (χ4v) is 0.475. The quantitative estimate of drug-likeness (QED) is 0.768. The van der Waals surface area contributed by atoms with Crippen molar-refractivity contribution in [3.63, 3.8) is 0 Å². The summed E-state index contributed by atoms with van der Waals surface area (Å²) < 4.78 is 0. The van der Waals surface area contributed by atoms with E-state index in [1.54, 1.807) is 6.20 Å². The maximum absolute atomic E-state index is 5.16. The van der Waals surface area contributed by atoms with Crippen LogP contribution in [0, 0.1) is 6.54 Å². The molecule has 1 aromatic rings. The number of aromatic nitrogens is 1. The van der Waals surface area contributed by atoms with Crippen LogP contribution in [-0.2, 0) is 20.4 Å². The van der Waals surface area contributed by atoms with Gasteiger partial charge in [0, 0.05) is 26.6 Å². The van der Waals surface area contributed by atoms with E-state index in [2.05, 4.69) is 4.98 Å². The maximum Gasteiger partial charge on any atom is 0.0223 e. The first-order chi connectivity index (χ1) is 3.93. The normalized spacial score (nSPS) is 7.67. The van der Waals surface area contributed by atoms with Crippen molar-refractivity contribution in [2.75, 3.05) is 0 Å². The summed E-state index contributed by atoms with van der Waals surface area (Å²) in [5, 5.41) is 0. The molecule has 2 nitrogen and oxygen atoms in total. The van der Waals surface area contributed by atoms with E-state index in [1.807, 2.05) is 18.2 Å². The monoisotopic (exact) mass is 294 g/mol. The van der Waals surface area contributed by atoms with Crippen molar-refractivity contribution >= 4 is 0 Å². The molecule has 0 atom stereocenters. The van der Waals surface area contributed by atoms with Crippen LogP contribution < -0.4 is 5.73 Å². The van der Waals surface area contributed by atoms with E-state index in [4.69, 9.17) is 5.73 Å². The summed E-state index contributed by atoms with van der Waals surface area (Å²) in [5.74, 6) is 0. The van der Waals surface area contributed by atoms with Gasteiger partial charge >= 0.3 is 0 Å². The number of hydrogen-bond acceptors (Lipinski definition) is 2. The first-order valence-corrected chi connectivity index (χ1v) is 2.39. The molecule has 49 valence electrons. The van der Waals surface area contributed by atoms with Gasteiger partial charge in [-0.2, -0.15) is 6.07 Å². The second kappa shape index (κ2) is 4.51. The Morgan fingerprint density at radius 1 is 1.44 bits per heavy atom. The van der Waals surface area contributed by atoms with Gasteiger partial charge in [0.1, 0.15) is 0 Å². The maximum atomic E-state index is 5.16. The minimum Gasteiger partial charge on any atom is -0.385 e. The molecule has 0 unspecified atom stereocenters. The van der Waals surface area contributed by atoms with Crippen LogP contribution >= 0.6 is 0 Å². The third-order valence-electron chi connectivity index (χ3n) is 0.859. The summed E-state index contributed by atoms with van der Waals surface area (Å²) >= 11 is 0. The number of rotatable bonds is 1. The van der Waals surface area contributed by atoms with Crippen molar-refractivity contribution in [3.8, 4) is 0 Å². The van der Waals surface area contributed by atoms with Crippen molar-refractivity contribution < 1.29 is 20.4 Å². The van der Waals surface area contributed by atoms with Crippen LogP contribution in [0.3, 0.4) is 0 Å². The summed E-state index contributed by atoms with van der Waals surface area (Å²) in [7, 11) is 0. The van der Waals surface area contributed by atoms with E-state index in [1.165, 1.54) is 6.54 Å². The molecule has 1 heterocycles. The minimum absolute atomic E-state index is 0. The predicted molar refractivity (Wildman–Crippen MR) is 31.8 cm³/mol. The Labute approximate surface area is 68.1 Å². The van der Waals surface area contributed by atoms with Crippen molar-refractivity contribution in [2.24, 2.45) is 5.73 Å². The fraction of sp³-hybridized carbons (Fsp3) is 0. The summed E-state index contributed by atoms with van der Waals surface area (Å²) in [4.78, 5) is 3.92. The molecule has 1 rings (SSSR count). The molecule has 3 heteroatoms. The SMILES string of the molecule is N[CH-]c1ccccn1.[Re]. The van der Waals surface area contributed by atoms with Gasteiger partial charge in [-0.3, -0.25) is 4.98 Å². The Morgan fingerprint density at radius 2 is 2.22 bits per heavy atom. The Bertz CT molecular complexity index is 152. The predicted octanol–water partition coefficient (Wildman–Crippen LogP) is 0.548. The first kappa shape index (κ1) is 8.64. The molecule has 0 amide bonds. The third kappa shape index (κ3) is 2.62. The molecule has 0 spiro atoms. The topological polar surface area (TPSA) is 38.9 Å². The zero-order valence-corrected chi connectivity index (χ0v) is 7.51. The average molecular weight is 293 g/mol. The van der Waals surface area contributed by atoms with Gasteiger partial charge < -0.3 is 5.73 Å². The molecule has 1 radical (unpaired) electrons. The number of hydrogen-bond donors (Lipinski definition) is 1. The average Bonchev–Trinajstić information content (AvgIpc) is 1.90. The third-order valence-corrected chi connectivity index (χ3v) is 0.859. The Kier molecular flexibility index (Phi) is 4.34. The van der Waals surface area contributed by atoms with E-state index in [0.29, 0.717) is 0 Å². The molecule has 0 saturated carbocycles. The van der Waals surface area contributed by atoms with Gasteiger partial charge in [-0.25, -0.2) is 0 Å². The van der Waals surface area contributed by atoms with Crippen LogP contribution in [0.25, 0.3) is 0 Å². The molecule has 0 saturated heterocycles. The van der Waals surface area contributed by atoms with E-state index in [0.717, 1.165) is 5.69 Å². The Hall–Kier alpha value is -0.358. The smallest absolute Gasteiger partial charge is 0.0223 e. The van der Waals surface area contributed by atoms with E-state index in [9.17, 15) is 0 Å². The Balaban J connectivity index is 0.000000640. The second-order valence-corrected chi connectivity index (χ2v) is 1.42. The van der Waals surface area contributed by atoms with E-state index in [-0.39, 0.29) is 20.4 Å². The number of pyridine rings is 1. The summed E-state index contributed by atoms with van der Waals surface area (Å²) in [6.45, 7) is 1.47. The second-order valence-electron chi connectivity index (χ2n) is 1.42. The molecule has 0 fully saturated rings. The molecule has 2 N–H and O–H groups in total. The largest absolute Gasteiger partial charge is 0.385 e. The van der Waals surface area contributed by atoms with Crippen LogP contribution in [0.4, 0.5) is 0 Å². The fourth-order valence-electron chi connectivity index (χ4n) is 0.475. The standard InChI is InChI=1S/C6H7N2.Re/c7-5-6-3-1-2-4-8-6;/h1-5H,7H2;/q-1;. The molecule has 1 aromatic heterocycles. The summed E-state index contributed by atoms with van der Waals surface area (Å²) in [6, 6.07) is 5.60. The van der Waals surface area contributed by atoms with Crippen molar-refractivity contribution in [3.05, 3.63) is 36.6 Å². The summed E-state index contributed by atoms with van der Waals surface area (Å²) in [6.07, 6.45) is 1.71. The van der Waals surface area contributed by atoms with Gasteiger partial charge in [-0.05, 0) is 0 Å². The molecule has 0 aliphatic heterocycles. The Morgan fingerprint density at radius 3 is 2.56 bits per heavy atom. The molecular weight excluding hydrogens is 286 g/mol. The molecule has 0 aliphatic carbocycles. The van der Waals surface area contributed by atoms with Gasteiger partial charge in [0.25, 0.3) is 0 Å². The number of nitrogens with zero attached hydrogens (tertiary/aromatic N) is 1. The number of nitrogens with two attached hydrogens (primary N) is 1. The van der Waals surface area contributed by atoms with Crippen LogP contribution in [0.15, 0.2) is 24.4 Å². The van der Waals surface area contributed by atoms with Gasteiger partial charge in [0.15, 0.2) is 0 Å². The van der Waals surface area contributed by atoms with Gasteiger partial charge in [-0.15, -0.1) is 12.6 Å². The van der Waals surface area contributed by atoms with Crippen molar-refractivity contribution in [2.45, 2.75) is 0 Å². The minimum atomic E-state index is 0. The first-order valence-electron chi connectivity index (χ1n) is 2.39. The van der Waals surface area contributed by atoms with Gasteiger partial charge in [-0.1, -0.05) is 11.8 Å². The molecule has 9 heavy (non-hydrogen) atoms. The molecule has 0 aromatic carbocycles. The van der Waals surface area contributed by atoms with Crippen LogP contribution in [0.2, 0.25) is 0 Å². The van der Waals surface area contributed by atoms with Gasteiger partial charge in [0.05, 0.1) is 0 Å². The van der Waals surface area contributed by atoms with Crippen LogP contribution in [-0.4, -0.2) is 4.98 Å². The summed E-state index contributed by atoms with van der Waals surface area (Å²) in [5.41, 5.74) is 5.97. The molecular formula is C6H7N2Re-. The van der Waals surface area contributed by atoms with E-state index < -0.39 is 0 Å². The van der Waals surface area contributed by atoms with Crippen molar-refractivity contribution in [1.29, 1.82) is 0 Å². The molecule has 0 bridgehead atoms. The zero-order chi connectivity index (χ0) is 5.82. The zero-order valence-electron chi connectivity index (χ0n) is 4.79. The van der Waals surface area contributed by atoms with Crippen LogP contribution in [0.5, 0.6) is 0 Å². The van der Waals surface area contributed by atoms with E-state index >= 15 is 0 Å². The molecule has 0 aliphatic rings. The van der Waals surface area contributed by atoms with Crippen molar-refractivity contribution in [1.82, 2.24) is 4.98 Å². The van der Waals surface area contributed by atoms with Gasteiger partial charge in [0.2, 0.25) is 0 Å². The van der Waals surface area contributed by atoms with Crippen LogP contribution in [0.1, 0.15) is 5.69 Å².